The highest BCUT2D eigenvalue weighted by molar-refractivity contribution is 6.33. The zero-order chi connectivity index (χ0) is 8.27. The molecule has 3 nitrogen and oxygen atoms in total. The highest BCUT2D eigenvalue weighted by atomic mass is 35.5. The summed E-state index contributed by atoms with van der Waals surface area (Å²) in [6, 6.07) is 5.12. The second-order valence-electron chi connectivity index (χ2n) is 2.12. The Morgan fingerprint density at radius 1 is 1.55 bits per heavy atom. The number of rotatable bonds is 2. The molecule has 0 aliphatic rings. The molecule has 0 heterocycles. The van der Waals surface area contributed by atoms with Gasteiger partial charge in [-0.05, 0) is 17.7 Å². The Labute approximate surface area is 69.8 Å². The lowest BCUT2D eigenvalue weighted by atomic mass is 10.2. The van der Waals surface area contributed by atoms with Crippen molar-refractivity contribution in [3.05, 3.63) is 28.8 Å². The molecule has 1 rings (SSSR count). The van der Waals surface area contributed by atoms with Crippen LogP contribution in [-0.4, -0.2) is 5.11 Å². The van der Waals surface area contributed by atoms with Crippen LogP contribution in [0.4, 0.5) is 5.69 Å². The third-order valence-corrected chi connectivity index (χ3v) is 1.70. The largest absolute Gasteiger partial charge is 0.392 e. The maximum Gasteiger partial charge on any atom is 0.0682 e. The summed E-state index contributed by atoms with van der Waals surface area (Å²) in [7, 11) is 0. The Morgan fingerprint density at radius 3 is 2.82 bits per heavy atom. The molecule has 0 radical (unpaired) electrons. The van der Waals surface area contributed by atoms with Crippen LogP contribution in [0.15, 0.2) is 18.2 Å². The van der Waals surface area contributed by atoms with E-state index in [-0.39, 0.29) is 6.61 Å². The van der Waals surface area contributed by atoms with Crippen molar-refractivity contribution in [1.82, 2.24) is 0 Å². The summed E-state index contributed by atoms with van der Waals surface area (Å²) in [5.41, 5.74) is 3.83. The maximum absolute atomic E-state index is 8.74. The Kier molecular flexibility index (Phi) is 2.70. The normalized spacial score (nSPS) is 9.73. The monoisotopic (exact) mass is 172 g/mol. The van der Waals surface area contributed by atoms with E-state index in [0.717, 1.165) is 5.56 Å². The minimum Gasteiger partial charge on any atom is -0.392 e. The molecular formula is C7H9ClN2O. The fraction of sp³-hybridized carbons (Fsp3) is 0.143. The van der Waals surface area contributed by atoms with Crippen molar-refractivity contribution < 1.29 is 5.11 Å². The topological polar surface area (TPSA) is 58.3 Å². The van der Waals surface area contributed by atoms with Crippen molar-refractivity contribution in [2.75, 3.05) is 5.43 Å². The van der Waals surface area contributed by atoms with Gasteiger partial charge >= 0.3 is 0 Å². The molecule has 0 aromatic heterocycles. The standard InChI is InChI=1S/C7H9ClN2O/c8-6-2-1-5(4-11)3-7(6)10-9/h1-3,10-11H,4,9H2. The molecule has 0 saturated heterocycles. The Balaban J connectivity index is 3.02. The summed E-state index contributed by atoms with van der Waals surface area (Å²) in [5.74, 6) is 5.16. The Bertz CT molecular complexity index is 252. The van der Waals surface area contributed by atoms with Crippen molar-refractivity contribution in [1.29, 1.82) is 0 Å². The Hall–Kier alpha value is -0.770. The quantitative estimate of drug-likeness (QED) is 0.463. The molecule has 60 valence electrons. The molecule has 11 heavy (non-hydrogen) atoms. The zero-order valence-electron chi connectivity index (χ0n) is 5.84. The second kappa shape index (κ2) is 3.57. The van der Waals surface area contributed by atoms with Gasteiger partial charge in [-0.3, -0.25) is 5.84 Å². The van der Waals surface area contributed by atoms with Gasteiger partial charge in [0.05, 0.1) is 17.3 Å². The molecule has 0 aliphatic carbocycles. The van der Waals surface area contributed by atoms with Gasteiger partial charge in [-0.1, -0.05) is 17.7 Å². The predicted molar refractivity (Wildman–Crippen MR) is 45.2 cm³/mol. The average Bonchev–Trinajstić information content (AvgIpc) is 2.05. The first kappa shape index (κ1) is 8.33. The molecule has 0 fully saturated rings. The van der Waals surface area contributed by atoms with Gasteiger partial charge in [0.25, 0.3) is 0 Å². The van der Waals surface area contributed by atoms with Crippen LogP contribution in [0.1, 0.15) is 5.56 Å². The molecule has 0 aliphatic heterocycles. The van der Waals surface area contributed by atoms with Crippen LogP contribution in [0, 0.1) is 0 Å². The van der Waals surface area contributed by atoms with Crippen LogP contribution in [0.2, 0.25) is 5.02 Å². The summed E-state index contributed by atoms with van der Waals surface area (Å²) < 4.78 is 0. The first-order valence-electron chi connectivity index (χ1n) is 3.14. The third-order valence-electron chi connectivity index (χ3n) is 1.37. The highest BCUT2D eigenvalue weighted by Crippen LogP contribution is 2.21. The summed E-state index contributed by atoms with van der Waals surface area (Å²) in [5, 5.41) is 9.28. The lowest BCUT2D eigenvalue weighted by Crippen LogP contribution is -2.07. The van der Waals surface area contributed by atoms with Crippen molar-refractivity contribution in [2.24, 2.45) is 5.84 Å². The van der Waals surface area contributed by atoms with Gasteiger partial charge in [0.1, 0.15) is 0 Å². The number of hydrazine groups is 1. The van der Waals surface area contributed by atoms with E-state index in [1.54, 1.807) is 18.2 Å². The molecule has 1 aromatic carbocycles. The minimum atomic E-state index is -0.00809. The predicted octanol–water partition coefficient (Wildman–Crippen LogP) is 1.12. The molecule has 1 aromatic rings. The van der Waals surface area contributed by atoms with E-state index < -0.39 is 0 Å². The van der Waals surface area contributed by atoms with Crippen molar-refractivity contribution in [2.45, 2.75) is 6.61 Å². The van der Waals surface area contributed by atoms with E-state index in [1.165, 1.54) is 0 Å². The number of nitrogen functional groups attached to an aromatic ring is 1. The highest BCUT2D eigenvalue weighted by Gasteiger charge is 1.98. The van der Waals surface area contributed by atoms with Gasteiger partial charge in [0.15, 0.2) is 0 Å². The lowest BCUT2D eigenvalue weighted by Gasteiger charge is -2.03. The molecule has 0 bridgehead atoms. The number of nitrogens with two attached hydrogens (primary N) is 1. The number of nitrogens with one attached hydrogen (secondary N) is 1. The van der Waals surface area contributed by atoms with Crippen LogP contribution < -0.4 is 11.3 Å². The van der Waals surface area contributed by atoms with Crippen LogP contribution in [-0.2, 0) is 6.61 Å². The van der Waals surface area contributed by atoms with Gasteiger partial charge in [0.2, 0.25) is 0 Å². The van der Waals surface area contributed by atoms with Crippen LogP contribution >= 0.6 is 11.6 Å². The molecule has 0 unspecified atom stereocenters. The van der Waals surface area contributed by atoms with Crippen molar-refractivity contribution in [3.63, 3.8) is 0 Å². The third kappa shape index (κ3) is 1.83. The number of aliphatic hydroxyl groups excluding tert-OH is 1. The fourth-order valence-electron chi connectivity index (χ4n) is 0.781. The lowest BCUT2D eigenvalue weighted by molar-refractivity contribution is 0.282. The van der Waals surface area contributed by atoms with E-state index >= 15 is 0 Å². The smallest absolute Gasteiger partial charge is 0.0682 e. The fourth-order valence-corrected chi connectivity index (χ4v) is 0.953. The number of aliphatic hydroxyl groups is 1. The van der Waals surface area contributed by atoms with Crippen molar-refractivity contribution in [3.8, 4) is 0 Å². The number of benzene rings is 1. The molecule has 0 saturated carbocycles. The molecular weight excluding hydrogens is 164 g/mol. The summed E-state index contributed by atoms with van der Waals surface area (Å²) in [6.07, 6.45) is 0. The first-order valence-corrected chi connectivity index (χ1v) is 3.51. The molecule has 0 spiro atoms. The average molecular weight is 173 g/mol. The molecule has 4 heteroatoms. The first-order chi connectivity index (χ1) is 5.27. The summed E-state index contributed by atoms with van der Waals surface area (Å²) in [6.45, 7) is -0.00809. The van der Waals surface area contributed by atoms with Crippen LogP contribution in [0.25, 0.3) is 0 Å². The summed E-state index contributed by atoms with van der Waals surface area (Å²) in [4.78, 5) is 0. The SMILES string of the molecule is NNc1cc(CO)ccc1Cl. The number of anilines is 1. The number of halogens is 1. The minimum absolute atomic E-state index is 0.00809. The van der Waals surface area contributed by atoms with Gasteiger partial charge in [-0.2, -0.15) is 0 Å². The van der Waals surface area contributed by atoms with E-state index in [9.17, 15) is 0 Å². The Morgan fingerprint density at radius 2 is 2.27 bits per heavy atom. The van der Waals surface area contributed by atoms with E-state index in [4.69, 9.17) is 22.6 Å². The van der Waals surface area contributed by atoms with Gasteiger partial charge in [0, 0.05) is 0 Å². The molecule has 0 atom stereocenters. The van der Waals surface area contributed by atoms with E-state index in [2.05, 4.69) is 5.43 Å². The van der Waals surface area contributed by atoms with Crippen LogP contribution in [0.3, 0.4) is 0 Å². The van der Waals surface area contributed by atoms with E-state index in [1.807, 2.05) is 0 Å². The van der Waals surface area contributed by atoms with Gasteiger partial charge in [-0.15, -0.1) is 0 Å². The summed E-state index contributed by atoms with van der Waals surface area (Å²) >= 11 is 5.73. The molecule has 0 amide bonds. The molecule has 4 N–H and O–H groups in total. The zero-order valence-corrected chi connectivity index (χ0v) is 6.60. The number of hydrogen-bond donors (Lipinski definition) is 3. The van der Waals surface area contributed by atoms with Crippen LogP contribution in [0.5, 0.6) is 0 Å². The van der Waals surface area contributed by atoms with Crippen molar-refractivity contribution >= 4 is 17.3 Å². The van der Waals surface area contributed by atoms with Gasteiger partial charge < -0.3 is 10.5 Å². The van der Waals surface area contributed by atoms with E-state index in [0.29, 0.717) is 10.7 Å². The number of hydrogen-bond acceptors (Lipinski definition) is 3. The second-order valence-corrected chi connectivity index (χ2v) is 2.52. The van der Waals surface area contributed by atoms with Gasteiger partial charge in [-0.25, -0.2) is 0 Å². The maximum atomic E-state index is 8.74.